The zero-order chi connectivity index (χ0) is 21.1. The van der Waals surface area contributed by atoms with Crippen LogP contribution in [-0.2, 0) is 4.79 Å². The number of aryl methyl sites for hydroxylation is 1. The van der Waals surface area contributed by atoms with Gasteiger partial charge in [-0.05, 0) is 63.1 Å². The Morgan fingerprint density at radius 1 is 1.21 bits per heavy atom. The van der Waals surface area contributed by atoms with Gasteiger partial charge in [-0.1, -0.05) is 12.1 Å². The molecule has 1 atom stereocenters. The Balaban J connectivity index is 1.84. The Labute approximate surface area is 175 Å². The number of halogens is 1. The van der Waals surface area contributed by atoms with E-state index in [9.17, 15) is 9.59 Å². The van der Waals surface area contributed by atoms with Crippen molar-refractivity contribution in [1.29, 1.82) is 0 Å². The lowest BCUT2D eigenvalue weighted by Gasteiger charge is -2.20. The van der Waals surface area contributed by atoms with Crippen LogP contribution in [0.25, 0.3) is 6.08 Å². The van der Waals surface area contributed by atoms with Gasteiger partial charge in [0.1, 0.15) is 16.9 Å². The summed E-state index contributed by atoms with van der Waals surface area (Å²) in [7, 11) is 0. The van der Waals surface area contributed by atoms with E-state index in [1.54, 1.807) is 25.1 Å². The molecule has 1 aliphatic heterocycles. The Hall–Kier alpha value is -2.79. The molecule has 2 aromatic carbocycles. The maximum Gasteiger partial charge on any atom is 0.329 e. The molecule has 0 saturated carbocycles. The molecule has 0 aliphatic carbocycles. The predicted molar refractivity (Wildman–Crippen MR) is 115 cm³/mol. The van der Waals surface area contributed by atoms with E-state index in [2.05, 4.69) is 18.7 Å². The summed E-state index contributed by atoms with van der Waals surface area (Å²) in [6, 6.07) is 11.2. The highest BCUT2D eigenvalue weighted by Crippen LogP contribution is 2.37. The van der Waals surface area contributed by atoms with Crippen LogP contribution >= 0.6 is 11.6 Å². The van der Waals surface area contributed by atoms with Crippen molar-refractivity contribution in [2.45, 2.75) is 33.1 Å². The minimum absolute atomic E-state index is 0.186. The fraction of sp³-hybridized carbons (Fsp3) is 0.304. The summed E-state index contributed by atoms with van der Waals surface area (Å²) in [5.74, 6) is 0.184. The van der Waals surface area contributed by atoms with Gasteiger partial charge in [-0.15, -0.1) is 11.6 Å². The Bertz CT molecular complexity index is 960. The number of fused-ring (bicyclic) bond motifs is 1. The lowest BCUT2D eigenvalue weighted by Crippen LogP contribution is -2.21. The SMILES string of the molecule is CCN(CC)c1ccc(/C=C2\Oc3cc(OC(=O)C(C)Cl)cc(C)c3C2=O)cc1. The summed E-state index contributed by atoms with van der Waals surface area (Å²) in [4.78, 5) is 26.8. The van der Waals surface area contributed by atoms with Crippen molar-refractivity contribution in [1.82, 2.24) is 0 Å². The molecule has 1 aliphatic rings. The average molecular weight is 414 g/mol. The molecule has 6 heteroatoms. The van der Waals surface area contributed by atoms with Gasteiger partial charge in [-0.3, -0.25) is 9.59 Å². The summed E-state index contributed by atoms with van der Waals surface area (Å²) in [6.07, 6.45) is 1.72. The molecule has 5 nitrogen and oxygen atoms in total. The minimum atomic E-state index is -0.763. The first-order valence-electron chi connectivity index (χ1n) is 9.63. The lowest BCUT2D eigenvalue weighted by atomic mass is 10.0. The molecule has 0 amide bonds. The number of nitrogens with zero attached hydrogens (tertiary/aromatic N) is 1. The van der Waals surface area contributed by atoms with Crippen LogP contribution in [0, 0.1) is 6.92 Å². The van der Waals surface area contributed by atoms with E-state index in [0.717, 1.165) is 24.3 Å². The van der Waals surface area contributed by atoms with Gasteiger partial charge in [-0.2, -0.15) is 0 Å². The molecule has 0 aromatic heterocycles. The smallest absolute Gasteiger partial charge is 0.329 e. The fourth-order valence-electron chi connectivity index (χ4n) is 3.26. The maximum absolute atomic E-state index is 12.8. The molecule has 0 saturated heterocycles. The number of anilines is 1. The highest BCUT2D eigenvalue weighted by molar-refractivity contribution is 6.29. The Kier molecular flexibility index (Phi) is 6.28. The lowest BCUT2D eigenvalue weighted by molar-refractivity contribution is -0.133. The Morgan fingerprint density at radius 3 is 2.45 bits per heavy atom. The number of alkyl halides is 1. The molecule has 0 N–H and O–H groups in total. The highest BCUT2D eigenvalue weighted by atomic mass is 35.5. The topological polar surface area (TPSA) is 55.8 Å². The number of rotatable bonds is 6. The van der Waals surface area contributed by atoms with Crippen LogP contribution < -0.4 is 14.4 Å². The second-order valence-electron chi connectivity index (χ2n) is 6.85. The Morgan fingerprint density at radius 2 is 1.86 bits per heavy atom. The number of carbonyl (C=O) groups is 2. The van der Waals surface area contributed by atoms with Crippen molar-refractivity contribution in [3.05, 3.63) is 58.8 Å². The number of hydrogen-bond acceptors (Lipinski definition) is 5. The molecular weight excluding hydrogens is 390 g/mol. The van der Waals surface area contributed by atoms with Crippen LogP contribution in [-0.4, -0.2) is 30.2 Å². The highest BCUT2D eigenvalue weighted by Gasteiger charge is 2.30. The van der Waals surface area contributed by atoms with Gasteiger partial charge in [0.05, 0.1) is 5.56 Å². The van der Waals surface area contributed by atoms with Crippen LogP contribution in [0.1, 0.15) is 42.3 Å². The first-order chi connectivity index (χ1) is 13.8. The van der Waals surface area contributed by atoms with Gasteiger partial charge in [0, 0.05) is 24.8 Å². The van der Waals surface area contributed by atoms with Crippen molar-refractivity contribution in [2.75, 3.05) is 18.0 Å². The number of esters is 1. The molecule has 152 valence electrons. The average Bonchev–Trinajstić information content (AvgIpc) is 2.99. The van der Waals surface area contributed by atoms with Crippen LogP contribution in [0.2, 0.25) is 0 Å². The van der Waals surface area contributed by atoms with Crippen LogP contribution in [0.15, 0.2) is 42.2 Å². The molecule has 2 aromatic rings. The number of carbonyl (C=O) groups excluding carboxylic acids is 2. The summed E-state index contributed by atoms with van der Waals surface area (Å²) >= 11 is 5.75. The van der Waals surface area contributed by atoms with Gasteiger partial charge in [0.25, 0.3) is 0 Å². The van der Waals surface area contributed by atoms with Crippen LogP contribution in [0.3, 0.4) is 0 Å². The third-order valence-electron chi connectivity index (χ3n) is 4.81. The third-order valence-corrected chi connectivity index (χ3v) is 4.98. The number of Topliss-reactive ketones (excluding diaryl/α,β-unsaturated/α-hetero) is 1. The standard InChI is InChI=1S/C23H24ClNO4/c1-5-25(6-2)17-9-7-16(8-10-17)12-20-22(26)21-14(3)11-18(13-19(21)29-20)28-23(27)15(4)24/h7-13,15H,5-6H2,1-4H3/b20-12-. The fourth-order valence-corrected chi connectivity index (χ4v) is 3.30. The third kappa shape index (κ3) is 4.46. The van der Waals surface area contributed by atoms with E-state index in [-0.39, 0.29) is 11.5 Å². The summed E-state index contributed by atoms with van der Waals surface area (Å²) < 4.78 is 11.0. The van der Waals surface area contributed by atoms with Gasteiger partial charge in [0.15, 0.2) is 5.76 Å². The predicted octanol–water partition coefficient (Wildman–Crippen LogP) is 4.99. The van der Waals surface area contributed by atoms with Crippen LogP contribution in [0.5, 0.6) is 11.5 Å². The number of ketones is 1. The van der Waals surface area contributed by atoms with Crippen molar-refractivity contribution >= 4 is 35.1 Å². The van der Waals surface area contributed by atoms with Crippen molar-refractivity contribution in [3.63, 3.8) is 0 Å². The van der Waals surface area contributed by atoms with E-state index in [0.29, 0.717) is 22.6 Å². The van der Waals surface area contributed by atoms with Gasteiger partial charge < -0.3 is 14.4 Å². The van der Waals surface area contributed by atoms with Gasteiger partial charge in [0.2, 0.25) is 5.78 Å². The van der Waals surface area contributed by atoms with E-state index < -0.39 is 11.3 Å². The van der Waals surface area contributed by atoms with E-state index >= 15 is 0 Å². The summed E-state index contributed by atoms with van der Waals surface area (Å²) in [5.41, 5.74) is 3.17. The zero-order valence-corrected chi connectivity index (χ0v) is 17.7. The first-order valence-corrected chi connectivity index (χ1v) is 10.1. The quantitative estimate of drug-likeness (QED) is 0.289. The monoisotopic (exact) mass is 413 g/mol. The van der Waals surface area contributed by atoms with Crippen molar-refractivity contribution < 1.29 is 19.1 Å². The molecule has 0 radical (unpaired) electrons. The second-order valence-corrected chi connectivity index (χ2v) is 7.51. The summed E-state index contributed by atoms with van der Waals surface area (Å²) in [5, 5.41) is -0.763. The van der Waals surface area contributed by atoms with Crippen LogP contribution in [0.4, 0.5) is 5.69 Å². The maximum atomic E-state index is 12.8. The summed E-state index contributed by atoms with van der Waals surface area (Å²) in [6.45, 7) is 9.41. The van der Waals surface area contributed by atoms with Gasteiger partial charge >= 0.3 is 5.97 Å². The van der Waals surface area contributed by atoms with E-state index in [4.69, 9.17) is 21.1 Å². The second kappa shape index (κ2) is 8.70. The van der Waals surface area contributed by atoms with Gasteiger partial charge in [-0.25, -0.2) is 0 Å². The number of benzene rings is 2. The largest absolute Gasteiger partial charge is 0.452 e. The molecular formula is C23H24ClNO4. The van der Waals surface area contributed by atoms with Crippen molar-refractivity contribution in [2.24, 2.45) is 0 Å². The van der Waals surface area contributed by atoms with E-state index in [1.807, 2.05) is 24.3 Å². The molecule has 1 unspecified atom stereocenters. The minimum Gasteiger partial charge on any atom is -0.452 e. The van der Waals surface area contributed by atoms with E-state index in [1.165, 1.54) is 6.92 Å². The number of allylic oxidation sites excluding steroid dienone is 1. The normalized spacial score (nSPS) is 15.1. The van der Waals surface area contributed by atoms with Crippen molar-refractivity contribution in [3.8, 4) is 11.5 Å². The molecule has 3 rings (SSSR count). The first kappa shape index (κ1) is 20.9. The zero-order valence-electron chi connectivity index (χ0n) is 17.0. The molecule has 0 spiro atoms. The molecule has 0 fully saturated rings. The number of hydrogen-bond donors (Lipinski definition) is 0. The number of ether oxygens (including phenoxy) is 2. The molecule has 29 heavy (non-hydrogen) atoms. The molecule has 1 heterocycles. The molecule has 0 bridgehead atoms.